The van der Waals surface area contributed by atoms with Crippen molar-refractivity contribution in [3.05, 3.63) is 69.7 Å². The van der Waals surface area contributed by atoms with Crippen LogP contribution in [0.15, 0.2) is 48.5 Å². The third kappa shape index (κ3) is 4.37. The highest BCUT2D eigenvalue weighted by atomic mass is 35.5. The molecular formula is C20H22Cl2N2O2. The summed E-state index contributed by atoms with van der Waals surface area (Å²) in [5.41, 5.74) is 0.179. The second kappa shape index (κ2) is 8.11. The predicted molar refractivity (Wildman–Crippen MR) is 106 cm³/mol. The number of hydrazine groups is 1. The molecule has 0 aromatic heterocycles. The van der Waals surface area contributed by atoms with Gasteiger partial charge in [-0.05, 0) is 64.1 Å². The summed E-state index contributed by atoms with van der Waals surface area (Å²) in [6, 6.07) is 13.4. The Morgan fingerprint density at radius 2 is 1.50 bits per heavy atom. The predicted octanol–water partition coefficient (Wildman–Crippen LogP) is 5.31. The molecule has 0 aliphatic carbocycles. The van der Waals surface area contributed by atoms with Crippen LogP contribution in [0.2, 0.25) is 10.0 Å². The molecule has 2 aromatic carbocycles. The standard InChI is InChI=1S/C20H22Cl2N2O2/c1-5-23(18(25)14-10-12-15(21)13-11-14)24(20(2,3)4)19(26)16-8-6-7-9-17(16)22/h6-13H,5H2,1-4H3. The van der Waals surface area contributed by atoms with Crippen LogP contribution in [-0.2, 0) is 0 Å². The van der Waals surface area contributed by atoms with Crippen LogP contribution in [-0.4, -0.2) is 33.9 Å². The van der Waals surface area contributed by atoms with Crippen LogP contribution < -0.4 is 0 Å². The van der Waals surface area contributed by atoms with Gasteiger partial charge in [-0.1, -0.05) is 35.3 Å². The van der Waals surface area contributed by atoms with Gasteiger partial charge in [-0.25, -0.2) is 10.0 Å². The van der Waals surface area contributed by atoms with Gasteiger partial charge in [0.1, 0.15) is 0 Å². The first-order valence-corrected chi connectivity index (χ1v) is 9.09. The lowest BCUT2D eigenvalue weighted by atomic mass is 10.1. The van der Waals surface area contributed by atoms with Crippen LogP contribution >= 0.6 is 23.2 Å². The summed E-state index contributed by atoms with van der Waals surface area (Å²) in [6.45, 7) is 7.78. The highest BCUT2D eigenvalue weighted by Crippen LogP contribution is 2.25. The van der Waals surface area contributed by atoms with Gasteiger partial charge >= 0.3 is 0 Å². The molecule has 0 heterocycles. The molecule has 0 aliphatic rings. The summed E-state index contributed by atoms with van der Waals surface area (Å²) in [7, 11) is 0. The lowest BCUT2D eigenvalue weighted by Gasteiger charge is -2.43. The van der Waals surface area contributed by atoms with Gasteiger partial charge in [-0.15, -0.1) is 0 Å². The number of carbonyl (C=O) groups is 2. The molecule has 0 atom stereocenters. The van der Waals surface area contributed by atoms with E-state index in [4.69, 9.17) is 23.2 Å². The van der Waals surface area contributed by atoms with Crippen LogP contribution in [0.5, 0.6) is 0 Å². The van der Waals surface area contributed by atoms with Gasteiger partial charge in [0.25, 0.3) is 11.8 Å². The molecule has 6 heteroatoms. The molecule has 2 aromatic rings. The fourth-order valence-corrected chi connectivity index (χ4v) is 2.99. The maximum absolute atomic E-state index is 13.2. The molecule has 0 saturated carbocycles. The molecule has 138 valence electrons. The minimum absolute atomic E-state index is 0.278. The van der Waals surface area contributed by atoms with E-state index < -0.39 is 5.54 Å². The Labute approximate surface area is 164 Å². The van der Waals surface area contributed by atoms with Crippen molar-refractivity contribution in [3.8, 4) is 0 Å². The van der Waals surface area contributed by atoms with Gasteiger partial charge in [0.2, 0.25) is 0 Å². The van der Waals surface area contributed by atoms with E-state index in [1.807, 2.05) is 27.7 Å². The zero-order valence-corrected chi connectivity index (χ0v) is 16.8. The average molecular weight is 393 g/mol. The zero-order valence-electron chi connectivity index (χ0n) is 15.3. The number of nitrogens with zero attached hydrogens (tertiary/aromatic N) is 2. The summed E-state index contributed by atoms with van der Waals surface area (Å²) in [4.78, 5) is 26.3. The Balaban J connectivity index is 2.47. The molecule has 0 radical (unpaired) electrons. The van der Waals surface area contributed by atoms with Crippen molar-refractivity contribution < 1.29 is 9.59 Å². The van der Waals surface area contributed by atoms with E-state index in [1.165, 1.54) is 10.0 Å². The number of halogens is 2. The van der Waals surface area contributed by atoms with Crippen molar-refractivity contribution in [1.29, 1.82) is 0 Å². The number of amides is 2. The van der Waals surface area contributed by atoms with Gasteiger partial charge in [-0.2, -0.15) is 0 Å². The maximum Gasteiger partial charge on any atom is 0.274 e. The fourth-order valence-electron chi connectivity index (χ4n) is 2.64. The summed E-state index contributed by atoms with van der Waals surface area (Å²) in [5.74, 6) is -0.605. The Morgan fingerprint density at radius 3 is 2.00 bits per heavy atom. The van der Waals surface area contributed by atoms with Crippen molar-refractivity contribution in [3.63, 3.8) is 0 Å². The van der Waals surface area contributed by atoms with E-state index in [0.29, 0.717) is 27.7 Å². The number of hydrogen-bond donors (Lipinski definition) is 0. The van der Waals surface area contributed by atoms with Gasteiger partial charge < -0.3 is 0 Å². The lowest BCUT2D eigenvalue weighted by Crippen LogP contribution is -2.58. The summed E-state index contributed by atoms with van der Waals surface area (Å²) >= 11 is 12.1. The van der Waals surface area contributed by atoms with Crippen molar-refractivity contribution in [1.82, 2.24) is 10.0 Å². The summed E-state index contributed by atoms with van der Waals surface area (Å²) in [6.07, 6.45) is 0. The van der Waals surface area contributed by atoms with E-state index in [1.54, 1.807) is 48.5 Å². The fraction of sp³-hybridized carbons (Fsp3) is 0.300. The molecule has 0 fully saturated rings. The molecular weight excluding hydrogens is 371 g/mol. The maximum atomic E-state index is 13.2. The van der Waals surface area contributed by atoms with E-state index in [-0.39, 0.29) is 11.8 Å². The van der Waals surface area contributed by atoms with Crippen LogP contribution in [0.3, 0.4) is 0 Å². The Morgan fingerprint density at radius 1 is 0.923 bits per heavy atom. The molecule has 4 nitrogen and oxygen atoms in total. The third-order valence-corrected chi connectivity index (χ3v) is 4.38. The number of hydrogen-bond acceptors (Lipinski definition) is 2. The lowest BCUT2D eigenvalue weighted by molar-refractivity contribution is -0.0410. The van der Waals surface area contributed by atoms with E-state index in [2.05, 4.69) is 0 Å². The normalized spacial score (nSPS) is 11.2. The largest absolute Gasteiger partial charge is 0.274 e. The first-order chi connectivity index (χ1) is 12.2. The Hall–Kier alpha value is -2.04. The molecule has 0 spiro atoms. The second-order valence-corrected chi connectivity index (χ2v) is 7.64. The molecule has 26 heavy (non-hydrogen) atoms. The minimum Gasteiger partial charge on any atom is -0.267 e. The highest BCUT2D eigenvalue weighted by molar-refractivity contribution is 6.33. The van der Waals surface area contributed by atoms with E-state index in [9.17, 15) is 9.59 Å². The topological polar surface area (TPSA) is 40.6 Å². The minimum atomic E-state index is -0.631. The SMILES string of the molecule is CCN(C(=O)c1ccc(Cl)cc1)N(C(=O)c1ccccc1Cl)C(C)(C)C. The van der Waals surface area contributed by atoms with Crippen molar-refractivity contribution in [2.24, 2.45) is 0 Å². The third-order valence-electron chi connectivity index (χ3n) is 3.80. The van der Waals surface area contributed by atoms with Gasteiger partial charge in [0, 0.05) is 17.1 Å². The van der Waals surface area contributed by atoms with Crippen LogP contribution in [0.4, 0.5) is 0 Å². The Kier molecular flexibility index (Phi) is 6.32. The van der Waals surface area contributed by atoms with Gasteiger partial charge in [-0.3, -0.25) is 9.59 Å². The van der Waals surface area contributed by atoms with Crippen molar-refractivity contribution in [2.45, 2.75) is 33.2 Å². The quantitative estimate of drug-likeness (QED) is 0.663. The van der Waals surface area contributed by atoms with E-state index in [0.717, 1.165) is 0 Å². The smallest absolute Gasteiger partial charge is 0.267 e. The van der Waals surface area contributed by atoms with Crippen LogP contribution in [0, 0.1) is 0 Å². The van der Waals surface area contributed by atoms with Crippen LogP contribution in [0.1, 0.15) is 48.4 Å². The summed E-state index contributed by atoms with van der Waals surface area (Å²) in [5, 5.41) is 3.80. The number of benzene rings is 2. The Bertz CT molecular complexity index is 798. The average Bonchev–Trinajstić information content (AvgIpc) is 2.58. The number of rotatable bonds is 3. The van der Waals surface area contributed by atoms with E-state index >= 15 is 0 Å². The molecule has 0 aliphatic heterocycles. The molecule has 0 saturated heterocycles. The first-order valence-electron chi connectivity index (χ1n) is 8.33. The van der Waals surface area contributed by atoms with Crippen LogP contribution in [0.25, 0.3) is 0 Å². The molecule has 0 bridgehead atoms. The van der Waals surface area contributed by atoms with Crippen molar-refractivity contribution >= 4 is 35.0 Å². The summed E-state index contributed by atoms with van der Waals surface area (Å²) < 4.78 is 0. The molecule has 2 rings (SSSR count). The number of carbonyl (C=O) groups excluding carboxylic acids is 2. The second-order valence-electron chi connectivity index (χ2n) is 6.80. The van der Waals surface area contributed by atoms with Gasteiger partial charge in [0.15, 0.2) is 0 Å². The highest BCUT2D eigenvalue weighted by Gasteiger charge is 2.35. The van der Waals surface area contributed by atoms with Crippen molar-refractivity contribution in [2.75, 3.05) is 6.54 Å². The zero-order chi connectivity index (χ0) is 19.5. The molecule has 0 N–H and O–H groups in total. The molecule has 2 amide bonds. The van der Waals surface area contributed by atoms with Gasteiger partial charge in [0.05, 0.1) is 16.1 Å². The first kappa shape index (κ1) is 20.3. The monoisotopic (exact) mass is 392 g/mol. The molecule has 0 unspecified atom stereocenters.